The summed E-state index contributed by atoms with van der Waals surface area (Å²) >= 11 is 0. The van der Waals surface area contributed by atoms with E-state index in [0.29, 0.717) is 0 Å². The Hall–Kier alpha value is -1.12. The van der Waals surface area contributed by atoms with Crippen molar-refractivity contribution in [1.29, 1.82) is 0 Å². The molecule has 0 spiro atoms. The summed E-state index contributed by atoms with van der Waals surface area (Å²) in [6.45, 7) is 7.29. The molecule has 0 saturated heterocycles. The molecule has 0 bridgehead atoms. The van der Waals surface area contributed by atoms with Crippen molar-refractivity contribution in [3.8, 4) is 0 Å². The highest BCUT2D eigenvalue weighted by Crippen LogP contribution is 2.13. The number of aryl methyl sites for hydroxylation is 1. The minimum atomic E-state index is 0.967. The van der Waals surface area contributed by atoms with Crippen LogP contribution < -0.4 is 5.32 Å². The molecule has 0 atom stereocenters. The van der Waals surface area contributed by atoms with Gasteiger partial charge >= 0.3 is 0 Å². The first-order chi connectivity index (χ1) is 6.29. The Morgan fingerprint density at radius 3 is 2.69 bits per heavy atom. The second-order valence-electron chi connectivity index (χ2n) is 3.07. The van der Waals surface area contributed by atoms with Crippen LogP contribution in [0.5, 0.6) is 0 Å². The lowest BCUT2D eigenvalue weighted by Gasteiger charge is -2.09. The van der Waals surface area contributed by atoms with Crippen molar-refractivity contribution < 1.29 is 0 Å². The number of hydrogen-bond acceptors (Lipinski definition) is 3. The summed E-state index contributed by atoms with van der Waals surface area (Å²) in [7, 11) is 0. The smallest absolute Gasteiger partial charge is 0.132 e. The summed E-state index contributed by atoms with van der Waals surface area (Å²) in [4.78, 5) is 8.42. The third kappa shape index (κ3) is 2.41. The fourth-order valence-corrected chi connectivity index (χ4v) is 1.26. The summed E-state index contributed by atoms with van der Waals surface area (Å²) < 4.78 is 0. The molecule has 0 fully saturated rings. The number of rotatable bonds is 4. The quantitative estimate of drug-likeness (QED) is 0.769. The lowest BCUT2D eigenvalue weighted by Crippen LogP contribution is -2.06. The van der Waals surface area contributed by atoms with Crippen LogP contribution in [-0.4, -0.2) is 16.5 Å². The standard InChI is InChI=1S/C10H17N3/c1-4-6-11-10-8(3)9(5-2)12-7-13-10/h7H,4-6H2,1-3H3,(H,11,12,13). The highest BCUT2D eigenvalue weighted by atomic mass is 15.0. The molecule has 0 aliphatic heterocycles. The Kier molecular flexibility index (Phi) is 3.68. The summed E-state index contributed by atoms with van der Waals surface area (Å²) in [5.41, 5.74) is 2.31. The van der Waals surface area contributed by atoms with Crippen LogP contribution in [0.4, 0.5) is 5.82 Å². The first-order valence-corrected chi connectivity index (χ1v) is 4.83. The third-order valence-corrected chi connectivity index (χ3v) is 2.07. The van der Waals surface area contributed by atoms with E-state index in [2.05, 4.69) is 36.1 Å². The molecular weight excluding hydrogens is 162 g/mol. The molecule has 13 heavy (non-hydrogen) atoms. The van der Waals surface area contributed by atoms with Gasteiger partial charge in [-0.25, -0.2) is 9.97 Å². The van der Waals surface area contributed by atoms with Crippen LogP contribution in [-0.2, 0) is 6.42 Å². The predicted molar refractivity (Wildman–Crippen MR) is 54.9 cm³/mol. The zero-order valence-corrected chi connectivity index (χ0v) is 8.59. The lowest BCUT2D eigenvalue weighted by atomic mass is 10.2. The number of hydrogen-bond donors (Lipinski definition) is 1. The second-order valence-corrected chi connectivity index (χ2v) is 3.07. The summed E-state index contributed by atoms with van der Waals surface area (Å²) in [6.07, 6.45) is 3.71. The molecule has 3 heteroatoms. The molecule has 0 aliphatic carbocycles. The van der Waals surface area contributed by atoms with Gasteiger partial charge in [0, 0.05) is 17.8 Å². The maximum absolute atomic E-state index is 4.21. The largest absolute Gasteiger partial charge is 0.370 e. The molecule has 0 aliphatic rings. The average Bonchev–Trinajstić information content (AvgIpc) is 2.16. The van der Waals surface area contributed by atoms with E-state index in [1.165, 1.54) is 5.56 Å². The van der Waals surface area contributed by atoms with Crippen molar-refractivity contribution >= 4 is 5.82 Å². The van der Waals surface area contributed by atoms with Gasteiger partial charge in [-0.15, -0.1) is 0 Å². The van der Waals surface area contributed by atoms with Gasteiger partial charge in [0.15, 0.2) is 0 Å². The SMILES string of the molecule is CCCNc1ncnc(CC)c1C. The zero-order chi connectivity index (χ0) is 9.68. The van der Waals surface area contributed by atoms with Gasteiger partial charge in [-0.1, -0.05) is 13.8 Å². The van der Waals surface area contributed by atoms with Crippen molar-refractivity contribution in [1.82, 2.24) is 9.97 Å². The summed E-state index contributed by atoms with van der Waals surface area (Å²) in [5, 5.41) is 3.29. The van der Waals surface area contributed by atoms with E-state index in [4.69, 9.17) is 0 Å². The number of aromatic nitrogens is 2. The predicted octanol–water partition coefficient (Wildman–Crippen LogP) is 2.17. The minimum absolute atomic E-state index is 0.967. The van der Waals surface area contributed by atoms with Crippen molar-refractivity contribution in [2.75, 3.05) is 11.9 Å². The van der Waals surface area contributed by atoms with E-state index in [9.17, 15) is 0 Å². The van der Waals surface area contributed by atoms with Crippen LogP contribution in [0.3, 0.4) is 0 Å². The minimum Gasteiger partial charge on any atom is -0.370 e. The molecule has 1 rings (SSSR count). The van der Waals surface area contributed by atoms with E-state index in [0.717, 1.165) is 30.9 Å². The van der Waals surface area contributed by atoms with Gasteiger partial charge in [0.05, 0.1) is 0 Å². The molecule has 3 nitrogen and oxygen atoms in total. The Morgan fingerprint density at radius 1 is 1.31 bits per heavy atom. The van der Waals surface area contributed by atoms with Gasteiger partial charge in [-0.2, -0.15) is 0 Å². The Balaban J connectivity index is 2.81. The summed E-state index contributed by atoms with van der Waals surface area (Å²) in [6, 6.07) is 0. The maximum atomic E-state index is 4.21. The zero-order valence-electron chi connectivity index (χ0n) is 8.59. The van der Waals surface area contributed by atoms with Crippen LogP contribution >= 0.6 is 0 Å². The van der Waals surface area contributed by atoms with Gasteiger partial charge in [0.25, 0.3) is 0 Å². The molecule has 1 N–H and O–H groups in total. The molecule has 0 unspecified atom stereocenters. The van der Waals surface area contributed by atoms with Crippen LogP contribution in [0.1, 0.15) is 31.5 Å². The highest BCUT2D eigenvalue weighted by Gasteiger charge is 2.03. The monoisotopic (exact) mass is 179 g/mol. The van der Waals surface area contributed by atoms with E-state index in [1.807, 2.05) is 0 Å². The Morgan fingerprint density at radius 2 is 2.08 bits per heavy atom. The Bertz CT molecular complexity index is 271. The average molecular weight is 179 g/mol. The van der Waals surface area contributed by atoms with Crippen LogP contribution in [0.2, 0.25) is 0 Å². The van der Waals surface area contributed by atoms with Gasteiger partial charge < -0.3 is 5.32 Å². The summed E-state index contributed by atoms with van der Waals surface area (Å²) in [5.74, 6) is 0.980. The van der Waals surface area contributed by atoms with Gasteiger partial charge in [-0.3, -0.25) is 0 Å². The second kappa shape index (κ2) is 4.80. The third-order valence-electron chi connectivity index (χ3n) is 2.07. The maximum Gasteiger partial charge on any atom is 0.132 e. The number of nitrogens with zero attached hydrogens (tertiary/aromatic N) is 2. The van der Waals surface area contributed by atoms with Crippen LogP contribution in [0, 0.1) is 6.92 Å². The van der Waals surface area contributed by atoms with Crippen molar-refractivity contribution in [2.45, 2.75) is 33.6 Å². The molecule has 72 valence electrons. The molecule has 1 heterocycles. The highest BCUT2D eigenvalue weighted by molar-refractivity contribution is 5.44. The van der Waals surface area contributed by atoms with Crippen molar-refractivity contribution in [2.24, 2.45) is 0 Å². The fourth-order valence-electron chi connectivity index (χ4n) is 1.26. The Labute approximate surface area is 79.6 Å². The van der Waals surface area contributed by atoms with Gasteiger partial charge in [-0.05, 0) is 19.8 Å². The van der Waals surface area contributed by atoms with Gasteiger partial charge in [0.1, 0.15) is 12.1 Å². The fraction of sp³-hybridized carbons (Fsp3) is 0.600. The lowest BCUT2D eigenvalue weighted by molar-refractivity contribution is 0.932. The normalized spacial score (nSPS) is 10.1. The number of nitrogens with one attached hydrogen (secondary N) is 1. The van der Waals surface area contributed by atoms with E-state index in [1.54, 1.807) is 6.33 Å². The molecule has 0 saturated carbocycles. The van der Waals surface area contributed by atoms with Crippen molar-refractivity contribution in [3.63, 3.8) is 0 Å². The van der Waals surface area contributed by atoms with E-state index in [-0.39, 0.29) is 0 Å². The topological polar surface area (TPSA) is 37.8 Å². The van der Waals surface area contributed by atoms with Crippen LogP contribution in [0.15, 0.2) is 6.33 Å². The number of anilines is 1. The van der Waals surface area contributed by atoms with E-state index < -0.39 is 0 Å². The first-order valence-electron chi connectivity index (χ1n) is 4.83. The molecule has 1 aromatic rings. The molecular formula is C10H17N3. The van der Waals surface area contributed by atoms with E-state index >= 15 is 0 Å². The first kappa shape index (κ1) is 9.96. The molecule has 1 aromatic heterocycles. The van der Waals surface area contributed by atoms with Gasteiger partial charge in [0.2, 0.25) is 0 Å². The van der Waals surface area contributed by atoms with Crippen molar-refractivity contribution in [3.05, 3.63) is 17.6 Å². The molecule has 0 amide bonds. The molecule has 0 radical (unpaired) electrons. The van der Waals surface area contributed by atoms with Crippen LogP contribution in [0.25, 0.3) is 0 Å². The molecule has 0 aromatic carbocycles.